The van der Waals surface area contributed by atoms with Gasteiger partial charge in [0.05, 0.1) is 6.20 Å². The van der Waals surface area contributed by atoms with Crippen molar-refractivity contribution in [2.75, 3.05) is 19.6 Å². The quantitative estimate of drug-likeness (QED) is 0.613. The maximum Gasteiger partial charge on any atom is 0.280 e. The number of rotatable bonds is 8. The van der Waals surface area contributed by atoms with E-state index in [1.54, 1.807) is 16.7 Å². The molecule has 120 valence electrons. The average Bonchev–Trinajstić information content (AvgIpc) is 2.99. The molecule has 1 aliphatic heterocycles. The molecular formula is C13H25N5O2S. The predicted octanol–water partition coefficient (Wildman–Crippen LogP) is 0.598. The van der Waals surface area contributed by atoms with Crippen molar-refractivity contribution >= 4 is 10.2 Å². The van der Waals surface area contributed by atoms with Crippen LogP contribution in [-0.2, 0) is 16.8 Å². The SMILES string of the molecule is CCCNCC1CCCCN1S(=O)(=O)NCc1cn[nH]c1. The number of hydrogen-bond acceptors (Lipinski definition) is 4. The lowest BCUT2D eigenvalue weighted by molar-refractivity contribution is 0.243. The van der Waals surface area contributed by atoms with Crippen LogP contribution in [0.2, 0.25) is 0 Å². The van der Waals surface area contributed by atoms with Crippen LogP contribution in [0.1, 0.15) is 38.2 Å². The Kier molecular flexibility index (Phi) is 6.16. The van der Waals surface area contributed by atoms with E-state index in [9.17, 15) is 8.42 Å². The molecule has 0 radical (unpaired) electrons. The number of hydrogen-bond donors (Lipinski definition) is 3. The molecule has 0 bridgehead atoms. The maximum atomic E-state index is 12.5. The minimum absolute atomic E-state index is 0.0483. The summed E-state index contributed by atoms with van der Waals surface area (Å²) in [5, 5.41) is 9.82. The van der Waals surface area contributed by atoms with Gasteiger partial charge >= 0.3 is 0 Å². The van der Waals surface area contributed by atoms with Gasteiger partial charge in [0.2, 0.25) is 0 Å². The van der Waals surface area contributed by atoms with Gasteiger partial charge in [-0.3, -0.25) is 5.10 Å². The molecule has 7 nitrogen and oxygen atoms in total. The standard InChI is InChI=1S/C13H25N5O2S/c1-2-6-14-11-13-5-3-4-7-18(13)21(19,20)17-10-12-8-15-16-9-12/h8-9,13-14,17H,2-7,10-11H2,1H3,(H,15,16). The smallest absolute Gasteiger partial charge is 0.280 e. The minimum atomic E-state index is -3.44. The van der Waals surface area contributed by atoms with Gasteiger partial charge in [0, 0.05) is 37.4 Å². The molecule has 1 atom stereocenters. The van der Waals surface area contributed by atoms with E-state index < -0.39 is 10.2 Å². The number of aromatic nitrogens is 2. The normalized spacial score (nSPS) is 20.7. The van der Waals surface area contributed by atoms with Crippen LogP contribution in [0.4, 0.5) is 0 Å². The highest BCUT2D eigenvalue weighted by Crippen LogP contribution is 2.19. The number of nitrogens with one attached hydrogen (secondary N) is 3. The molecule has 3 N–H and O–H groups in total. The summed E-state index contributed by atoms with van der Waals surface area (Å²) in [4.78, 5) is 0. The summed E-state index contributed by atoms with van der Waals surface area (Å²) >= 11 is 0. The molecule has 2 heterocycles. The van der Waals surface area contributed by atoms with Crippen LogP contribution < -0.4 is 10.0 Å². The van der Waals surface area contributed by atoms with Crippen molar-refractivity contribution < 1.29 is 8.42 Å². The van der Waals surface area contributed by atoms with Crippen molar-refractivity contribution in [2.24, 2.45) is 0 Å². The second-order valence-electron chi connectivity index (χ2n) is 5.40. The lowest BCUT2D eigenvalue weighted by atomic mass is 10.1. The molecule has 0 saturated carbocycles. The topological polar surface area (TPSA) is 90.1 Å². The highest BCUT2D eigenvalue weighted by atomic mass is 32.2. The van der Waals surface area contributed by atoms with E-state index in [4.69, 9.17) is 0 Å². The third kappa shape index (κ3) is 4.77. The van der Waals surface area contributed by atoms with Crippen molar-refractivity contribution in [3.05, 3.63) is 18.0 Å². The second kappa shape index (κ2) is 7.88. The van der Waals surface area contributed by atoms with Crippen molar-refractivity contribution in [3.63, 3.8) is 0 Å². The summed E-state index contributed by atoms with van der Waals surface area (Å²) < 4.78 is 29.2. The van der Waals surface area contributed by atoms with Gasteiger partial charge in [-0.15, -0.1) is 0 Å². The Hall–Kier alpha value is -0.960. The molecule has 21 heavy (non-hydrogen) atoms. The zero-order valence-corrected chi connectivity index (χ0v) is 13.3. The van der Waals surface area contributed by atoms with Gasteiger partial charge in [-0.2, -0.15) is 22.5 Å². The lowest BCUT2D eigenvalue weighted by Gasteiger charge is -2.34. The first-order valence-electron chi connectivity index (χ1n) is 7.58. The average molecular weight is 315 g/mol. The number of aromatic amines is 1. The van der Waals surface area contributed by atoms with Crippen LogP contribution in [0.25, 0.3) is 0 Å². The van der Waals surface area contributed by atoms with E-state index in [-0.39, 0.29) is 12.6 Å². The Morgan fingerprint density at radius 2 is 2.33 bits per heavy atom. The number of H-pyrrole nitrogens is 1. The third-order valence-corrected chi connectivity index (χ3v) is 5.31. The van der Waals surface area contributed by atoms with Gasteiger partial charge < -0.3 is 5.32 Å². The van der Waals surface area contributed by atoms with Crippen molar-refractivity contribution in [3.8, 4) is 0 Å². The summed E-state index contributed by atoms with van der Waals surface area (Å²) in [7, 11) is -3.44. The molecule has 8 heteroatoms. The van der Waals surface area contributed by atoms with E-state index in [0.29, 0.717) is 6.54 Å². The molecule has 1 saturated heterocycles. The summed E-state index contributed by atoms with van der Waals surface area (Å²) in [6.45, 7) is 4.62. The Morgan fingerprint density at radius 3 is 3.05 bits per heavy atom. The fourth-order valence-corrected chi connectivity index (χ4v) is 4.03. The molecule has 0 aliphatic carbocycles. The summed E-state index contributed by atoms with van der Waals surface area (Å²) in [6.07, 6.45) is 7.31. The molecule has 1 aromatic rings. The van der Waals surface area contributed by atoms with E-state index in [1.807, 2.05) is 0 Å². The predicted molar refractivity (Wildman–Crippen MR) is 81.9 cm³/mol. The monoisotopic (exact) mass is 315 g/mol. The first-order chi connectivity index (χ1) is 10.1. The summed E-state index contributed by atoms with van der Waals surface area (Å²) in [5.74, 6) is 0. The summed E-state index contributed by atoms with van der Waals surface area (Å²) in [5.41, 5.74) is 0.830. The number of nitrogens with zero attached hydrogens (tertiary/aromatic N) is 2. The zero-order chi connectivity index (χ0) is 15.1. The Labute approximate surface area is 126 Å². The maximum absolute atomic E-state index is 12.5. The van der Waals surface area contributed by atoms with Gasteiger partial charge in [-0.05, 0) is 25.8 Å². The summed E-state index contributed by atoms with van der Waals surface area (Å²) in [6, 6.07) is 0.0483. The van der Waals surface area contributed by atoms with E-state index >= 15 is 0 Å². The van der Waals surface area contributed by atoms with Crippen LogP contribution in [0, 0.1) is 0 Å². The van der Waals surface area contributed by atoms with Crippen molar-refractivity contribution in [1.29, 1.82) is 0 Å². The van der Waals surface area contributed by atoms with Crippen LogP contribution in [0.5, 0.6) is 0 Å². The molecule has 1 fully saturated rings. The molecule has 1 aliphatic rings. The molecule has 1 aromatic heterocycles. The molecule has 0 aromatic carbocycles. The first-order valence-corrected chi connectivity index (χ1v) is 9.02. The zero-order valence-electron chi connectivity index (χ0n) is 12.5. The molecule has 2 rings (SSSR count). The molecule has 0 spiro atoms. The van der Waals surface area contributed by atoms with E-state index in [2.05, 4.69) is 27.2 Å². The van der Waals surface area contributed by atoms with Crippen LogP contribution in [0.3, 0.4) is 0 Å². The van der Waals surface area contributed by atoms with E-state index in [1.165, 1.54) is 0 Å². The molecular weight excluding hydrogens is 290 g/mol. The van der Waals surface area contributed by atoms with Crippen LogP contribution in [0.15, 0.2) is 12.4 Å². The van der Waals surface area contributed by atoms with Gasteiger partial charge in [0.1, 0.15) is 0 Å². The van der Waals surface area contributed by atoms with Gasteiger partial charge in [0.15, 0.2) is 0 Å². The highest BCUT2D eigenvalue weighted by Gasteiger charge is 2.31. The largest absolute Gasteiger partial charge is 0.315 e. The fourth-order valence-electron chi connectivity index (χ4n) is 2.57. The Balaban J connectivity index is 1.94. The van der Waals surface area contributed by atoms with Crippen LogP contribution in [-0.4, -0.2) is 48.6 Å². The fraction of sp³-hybridized carbons (Fsp3) is 0.769. The Morgan fingerprint density at radius 1 is 1.48 bits per heavy atom. The Bertz CT molecular complexity index is 503. The van der Waals surface area contributed by atoms with Gasteiger partial charge in [0.25, 0.3) is 10.2 Å². The van der Waals surface area contributed by atoms with Crippen molar-refractivity contribution in [2.45, 2.75) is 45.2 Å². The van der Waals surface area contributed by atoms with E-state index in [0.717, 1.165) is 44.3 Å². The first kappa shape index (κ1) is 16.4. The molecule has 0 amide bonds. The molecule has 1 unspecified atom stereocenters. The van der Waals surface area contributed by atoms with Crippen molar-refractivity contribution in [1.82, 2.24) is 24.5 Å². The lowest BCUT2D eigenvalue weighted by Crippen LogP contribution is -2.52. The van der Waals surface area contributed by atoms with Gasteiger partial charge in [-0.1, -0.05) is 13.3 Å². The minimum Gasteiger partial charge on any atom is -0.315 e. The van der Waals surface area contributed by atoms with Gasteiger partial charge in [-0.25, -0.2) is 0 Å². The second-order valence-corrected chi connectivity index (χ2v) is 7.10. The highest BCUT2D eigenvalue weighted by molar-refractivity contribution is 7.87. The third-order valence-electron chi connectivity index (χ3n) is 3.70. The number of piperidine rings is 1. The van der Waals surface area contributed by atoms with Crippen LogP contribution >= 0.6 is 0 Å².